The fourth-order valence-electron chi connectivity index (χ4n) is 3.13. The molecule has 1 N–H and O–H groups in total. The molecule has 1 aliphatic heterocycles. The molecule has 7 nitrogen and oxygen atoms in total. The number of carbonyl (C=O) groups excluding carboxylic acids is 1. The molecule has 0 spiro atoms. The number of piperidine rings is 1. The van der Waals surface area contributed by atoms with Gasteiger partial charge >= 0.3 is 0 Å². The first-order chi connectivity index (χ1) is 12.8. The van der Waals surface area contributed by atoms with Crippen LogP contribution in [0.4, 0.5) is 0 Å². The maximum Gasteiger partial charge on any atom is 0.289 e. The summed E-state index contributed by atoms with van der Waals surface area (Å²) in [5, 5.41) is 7.72. The van der Waals surface area contributed by atoms with Crippen LogP contribution in [0, 0.1) is 0 Å². The van der Waals surface area contributed by atoms with Gasteiger partial charge in [-0.1, -0.05) is 11.8 Å². The lowest BCUT2D eigenvalue weighted by molar-refractivity contribution is 0.0672. The van der Waals surface area contributed by atoms with E-state index in [1.807, 2.05) is 17.0 Å². The van der Waals surface area contributed by atoms with Gasteiger partial charge in [-0.15, -0.1) is 0 Å². The zero-order valence-electron chi connectivity index (χ0n) is 14.2. The Balaban J connectivity index is 1.38. The summed E-state index contributed by atoms with van der Waals surface area (Å²) in [5.41, 5.74) is 1.09. The van der Waals surface area contributed by atoms with Gasteiger partial charge in [-0.3, -0.25) is 9.89 Å². The number of nitrogens with one attached hydrogen (secondary N) is 1. The largest absolute Gasteiger partial charge is 0.455 e. The zero-order valence-corrected chi connectivity index (χ0v) is 15.0. The van der Waals surface area contributed by atoms with Crippen LogP contribution in [0.3, 0.4) is 0 Å². The molecule has 0 saturated carbocycles. The van der Waals surface area contributed by atoms with Gasteiger partial charge in [0.25, 0.3) is 5.91 Å². The lowest BCUT2D eigenvalue weighted by Crippen LogP contribution is -2.39. The SMILES string of the molecule is O=C(c1ccc(CSc2ncccn2)o1)N1CCC[C@@H](c2ccn[nH]2)C1. The number of rotatable bonds is 5. The number of carbonyl (C=O) groups is 1. The molecule has 0 bridgehead atoms. The summed E-state index contributed by atoms with van der Waals surface area (Å²) in [6, 6.07) is 7.36. The van der Waals surface area contributed by atoms with Gasteiger partial charge in [0.15, 0.2) is 10.9 Å². The van der Waals surface area contributed by atoms with Crippen molar-refractivity contribution in [3.63, 3.8) is 0 Å². The first kappa shape index (κ1) is 16.8. The fraction of sp³-hybridized carbons (Fsp3) is 0.333. The van der Waals surface area contributed by atoms with Gasteiger partial charge < -0.3 is 9.32 Å². The molecule has 0 aromatic carbocycles. The summed E-state index contributed by atoms with van der Waals surface area (Å²) in [6.45, 7) is 1.44. The van der Waals surface area contributed by atoms with Crippen molar-refractivity contribution in [3.8, 4) is 0 Å². The predicted octanol–water partition coefficient (Wildman–Crippen LogP) is 3.10. The topological polar surface area (TPSA) is 87.9 Å². The standard InChI is InChI=1S/C18H19N5O2S/c24-17(23-10-1-3-13(11-23)15-6-9-21-22-15)16-5-4-14(25-16)12-26-18-19-7-2-8-20-18/h2,4-9,13H,1,3,10-12H2,(H,21,22)/t13-/m1/s1. The van der Waals surface area contributed by atoms with Crippen molar-refractivity contribution in [1.82, 2.24) is 25.1 Å². The summed E-state index contributed by atoms with van der Waals surface area (Å²) < 4.78 is 5.76. The van der Waals surface area contributed by atoms with Crippen LogP contribution in [0.25, 0.3) is 0 Å². The van der Waals surface area contributed by atoms with Gasteiger partial charge in [0.1, 0.15) is 5.76 Å². The number of furan rings is 1. The minimum Gasteiger partial charge on any atom is -0.455 e. The normalized spacial score (nSPS) is 17.4. The van der Waals surface area contributed by atoms with Crippen LogP contribution in [0.2, 0.25) is 0 Å². The molecule has 3 aromatic rings. The number of hydrogen-bond acceptors (Lipinski definition) is 6. The van der Waals surface area contributed by atoms with E-state index in [1.54, 1.807) is 30.7 Å². The monoisotopic (exact) mass is 369 g/mol. The zero-order chi connectivity index (χ0) is 17.8. The van der Waals surface area contributed by atoms with Crippen molar-refractivity contribution in [1.29, 1.82) is 0 Å². The van der Waals surface area contributed by atoms with E-state index in [0.29, 0.717) is 29.1 Å². The third kappa shape index (κ3) is 3.80. The van der Waals surface area contributed by atoms with Crippen molar-refractivity contribution < 1.29 is 9.21 Å². The van der Waals surface area contributed by atoms with Gasteiger partial charge in [0.05, 0.1) is 5.75 Å². The molecule has 8 heteroatoms. The van der Waals surface area contributed by atoms with Crippen molar-refractivity contribution in [2.45, 2.75) is 29.7 Å². The Hall–Kier alpha value is -2.61. The molecule has 0 aliphatic carbocycles. The molecular weight excluding hydrogens is 350 g/mol. The Morgan fingerprint density at radius 2 is 2.15 bits per heavy atom. The van der Waals surface area contributed by atoms with Crippen LogP contribution in [0.5, 0.6) is 0 Å². The van der Waals surface area contributed by atoms with E-state index >= 15 is 0 Å². The molecule has 1 amide bonds. The molecule has 0 radical (unpaired) electrons. The molecule has 26 heavy (non-hydrogen) atoms. The lowest BCUT2D eigenvalue weighted by Gasteiger charge is -2.31. The average Bonchev–Trinajstić information content (AvgIpc) is 3.39. The van der Waals surface area contributed by atoms with Crippen LogP contribution < -0.4 is 0 Å². The first-order valence-electron chi connectivity index (χ1n) is 8.56. The molecule has 134 valence electrons. The molecule has 3 aromatic heterocycles. The number of hydrogen-bond donors (Lipinski definition) is 1. The van der Waals surface area contributed by atoms with Crippen molar-refractivity contribution in [3.05, 3.63) is 60.1 Å². The number of H-pyrrole nitrogens is 1. The average molecular weight is 369 g/mol. The van der Waals surface area contributed by atoms with Crippen LogP contribution in [-0.4, -0.2) is 44.1 Å². The second kappa shape index (κ2) is 7.74. The van der Waals surface area contributed by atoms with Gasteiger partial charge in [0.2, 0.25) is 0 Å². The summed E-state index contributed by atoms with van der Waals surface area (Å²) in [7, 11) is 0. The van der Waals surface area contributed by atoms with E-state index in [1.165, 1.54) is 11.8 Å². The second-order valence-corrected chi connectivity index (χ2v) is 7.13. The molecule has 1 fully saturated rings. The molecule has 1 aliphatic rings. The van der Waals surface area contributed by atoms with Crippen molar-refractivity contribution in [2.75, 3.05) is 13.1 Å². The quantitative estimate of drug-likeness (QED) is 0.549. The number of thioether (sulfide) groups is 1. The highest BCUT2D eigenvalue weighted by molar-refractivity contribution is 7.98. The highest BCUT2D eigenvalue weighted by Gasteiger charge is 2.27. The maximum atomic E-state index is 12.8. The van der Waals surface area contributed by atoms with Gasteiger partial charge in [-0.2, -0.15) is 5.10 Å². The van der Waals surface area contributed by atoms with E-state index in [4.69, 9.17) is 4.42 Å². The summed E-state index contributed by atoms with van der Waals surface area (Å²) in [5.74, 6) is 1.97. The highest BCUT2D eigenvalue weighted by atomic mass is 32.2. The maximum absolute atomic E-state index is 12.8. The molecule has 1 atom stereocenters. The van der Waals surface area contributed by atoms with Crippen molar-refractivity contribution >= 4 is 17.7 Å². The van der Waals surface area contributed by atoms with E-state index < -0.39 is 0 Å². The Labute approximate surface area is 155 Å². The molecule has 4 rings (SSSR count). The van der Waals surface area contributed by atoms with Crippen LogP contribution in [0.1, 0.15) is 40.8 Å². The third-order valence-corrected chi connectivity index (χ3v) is 5.33. The van der Waals surface area contributed by atoms with Crippen LogP contribution in [0.15, 0.2) is 52.4 Å². The van der Waals surface area contributed by atoms with E-state index in [-0.39, 0.29) is 5.91 Å². The lowest BCUT2D eigenvalue weighted by atomic mass is 9.95. The number of aromatic nitrogens is 4. The first-order valence-corrected chi connectivity index (χ1v) is 9.55. The Kier molecular flexibility index (Phi) is 5.01. The van der Waals surface area contributed by atoms with Crippen molar-refractivity contribution in [2.24, 2.45) is 0 Å². The third-order valence-electron chi connectivity index (χ3n) is 4.43. The van der Waals surface area contributed by atoms with Crippen LogP contribution >= 0.6 is 11.8 Å². The fourth-order valence-corrected chi connectivity index (χ4v) is 3.83. The molecular formula is C18H19N5O2S. The van der Waals surface area contributed by atoms with Gasteiger partial charge in [-0.25, -0.2) is 9.97 Å². The van der Waals surface area contributed by atoms with Gasteiger partial charge in [0, 0.05) is 43.3 Å². The number of likely N-dealkylation sites (tertiary alicyclic amines) is 1. The highest BCUT2D eigenvalue weighted by Crippen LogP contribution is 2.27. The molecule has 1 saturated heterocycles. The molecule has 4 heterocycles. The molecule has 0 unspecified atom stereocenters. The minimum atomic E-state index is -0.0542. The van der Waals surface area contributed by atoms with E-state index in [9.17, 15) is 4.79 Å². The number of amides is 1. The van der Waals surface area contributed by atoms with Gasteiger partial charge in [-0.05, 0) is 37.1 Å². The van der Waals surface area contributed by atoms with E-state index in [2.05, 4.69) is 20.2 Å². The van der Waals surface area contributed by atoms with E-state index in [0.717, 1.165) is 30.8 Å². The summed E-state index contributed by atoms with van der Waals surface area (Å²) in [4.78, 5) is 23.0. The smallest absolute Gasteiger partial charge is 0.289 e. The van der Waals surface area contributed by atoms with Crippen LogP contribution in [-0.2, 0) is 5.75 Å². The Morgan fingerprint density at radius 3 is 2.96 bits per heavy atom. The number of nitrogens with zero attached hydrogens (tertiary/aromatic N) is 4. The predicted molar refractivity (Wildman–Crippen MR) is 96.8 cm³/mol. The second-order valence-electron chi connectivity index (χ2n) is 6.19. The Morgan fingerprint density at radius 1 is 1.27 bits per heavy atom. The summed E-state index contributed by atoms with van der Waals surface area (Å²) in [6.07, 6.45) is 7.20. The number of aromatic amines is 1. The minimum absolute atomic E-state index is 0.0542. The Bertz CT molecular complexity index is 850. The summed E-state index contributed by atoms with van der Waals surface area (Å²) >= 11 is 1.48.